The Labute approximate surface area is 185 Å². The van der Waals surface area contributed by atoms with Gasteiger partial charge in [-0.2, -0.15) is 13.2 Å². The van der Waals surface area contributed by atoms with Crippen molar-refractivity contribution in [2.75, 3.05) is 11.2 Å². The van der Waals surface area contributed by atoms with Gasteiger partial charge in [0.05, 0.1) is 11.3 Å². The number of benzene rings is 2. The number of thioether (sulfide) groups is 1. The average molecular weight is 446 g/mol. The number of anilines is 1. The van der Waals surface area contributed by atoms with Gasteiger partial charge < -0.3 is 4.90 Å². The highest BCUT2D eigenvalue weighted by atomic mass is 32.2. The van der Waals surface area contributed by atoms with Gasteiger partial charge in [0.2, 0.25) is 0 Å². The van der Waals surface area contributed by atoms with Gasteiger partial charge in [-0.25, -0.2) is 9.98 Å². The maximum absolute atomic E-state index is 13.4. The Morgan fingerprint density at radius 2 is 1.65 bits per heavy atom. The minimum Gasteiger partial charge on any atom is -0.307 e. The van der Waals surface area contributed by atoms with Crippen LogP contribution >= 0.6 is 11.8 Å². The van der Waals surface area contributed by atoms with Crippen LogP contribution in [0.3, 0.4) is 0 Å². The minimum absolute atomic E-state index is 0.518. The Bertz CT molecular complexity index is 1020. The van der Waals surface area contributed by atoms with Gasteiger partial charge >= 0.3 is 6.18 Å². The fraction of sp³-hybridized carbons (Fsp3) is 0.417. The summed E-state index contributed by atoms with van der Waals surface area (Å²) in [6.45, 7) is 4.05. The lowest BCUT2D eigenvalue weighted by molar-refractivity contribution is -0.137. The molecule has 0 saturated heterocycles. The van der Waals surface area contributed by atoms with Crippen LogP contribution < -0.4 is 4.90 Å². The van der Waals surface area contributed by atoms with Crippen molar-refractivity contribution in [1.29, 1.82) is 0 Å². The van der Waals surface area contributed by atoms with E-state index in [4.69, 9.17) is 9.98 Å². The van der Waals surface area contributed by atoms with E-state index in [0.717, 1.165) is 55.0 Å². The number of rotatable bonds is 2. The Morgan fingerprint density at radius 3 is 2.26 bits per heavy atom. The molecule has 1 spiro atoms. The number of hydrogen-bond acceptors (Lipinski definition) is 3. The summed E-state index contributed by atoms with van der Waals surface area (Å²) in [6.07, 6.45) is 2.28. The number of alkyl halides is 3. The summed E-state index contributed by atoms with van der Waals surface area (Å²) >= 11 is 1.45. The molecule has 2 aromatic rings. The van der Waals surface area contributed by atoms with Gasteiger partial charge in [-0.15, -0.1) is 0 Å². The first kappa shape index (κ1) is 21.9. The predicted molar refractivity (Wildman–Crippen MR) is 124 cm³/mol. The first-order valence-corrected chi connectivity index (χ1v) is 11.7. The predicted octanol–water partition coefficient (Wildman–Crippen LogP) is 7.29. The zero-order valence-corrected chi connectivity index (χ0v) is 18.8. The SMILES string of the molecule is CSC1=NC(=Nc2c(C)cccc2C)C2(CCCCC2)N1c1cccc(C(F)(F)F)c1. The van der Waals surface area contributed by atoms with E-state index in [9.17, 15) is 13.2 Å². The summed E-state index contributed by atoms with van der Waals surface area (Å²) in [7, 11) is 0. The van der Waals surface area contributed by atoms with Crippen molar-refractivity contribution in [1.82, 2.24) is 0 Å². The van der Waals surface area contributed by atoms with E-state index < -0.39 is 17.3 Å². The van der Waals surface area contributed by atoms with Crippen LogP contribution in [0.1, 0.15) is 48.8 Å². The lowest BCUT2D eigenvalue weighted by atomic mass is 9.79. The molecular weight excluding hydrogens is 419 g/mol. The molecule has 0 radical (unpaired) electrons. The van der Waals surface area contributed by atoms with E-state index in [-0.39, 0.29) is 0 Å². The van der Waals surface area contributed by atoms with E-state index in [0.29, 0.717) is 16.7 Å². The maximum atomic E-state index is 13.4. The number of para-hydroxylation sites is 1. The molecule has 0 aromatic heterocycles. The zero-order valence-electron chi connectivity index (χ0n) is 18.0. The zero-order chi connectivity index (χ0) is 22.2. The molecule has 1 saturated carbocycles. The Kier molecular flexibility index (Phi) is 5.90. The second kappa shape index (κ2) is 8.34. The quantitative estimate of drug-likeness (QED) is 0.485. The molecule has 7 heteroatoms. The van der Waals surface area contributed by atoms with Gasteiger partial charge in [0.25, 0.3) is 0 Å². The number of amidine groups is 2. The van der Waals surface area contributed by atoms with Crippen LogP contribution in [0.2, 0.25) is 0 Å². The van der Waals surface area contributed by atoms with Crippen LogP contribution in [0.15, 0.2) is 52.4 Å². The van der Waals surface area contributed by atoms with E-state index >= 15 is 0 Å². The highest BCUT2D eigenvalue weighted by Crippen LogP contribution is 2.45. The Morgan fingerprint density at radius 1 is 1.00 bits per heavy atom. The van der Waals surface area contributed by atoms with Crippen molar-refractivity contribution in [2.45, 2.75) is 57.7 Å². The number of aryl methyl sites for hydroxylation is 2. The molecule has 1 aliphatic carbocycles. The van der Waals surface area contributed by atoms with Gasteiger partial charge in [-0.3, -0.25) is 0 Å². The number of aliphatic imine (C=N–C) groups is 2. The standard InChI is InChI=1S/C24H26F3N3S/c1-16-9-7-10-17(2)20(16)28-21-23(13-5-4-6-14-23)30(22(29-21)31-3)19-12-8-11-18(15-19)24(25,26)27/h7-12,15H,4-6,13-14H2,1-3H3. The van der Waals surface area contributed by atoms with Crippen LogP contribution in [0, 0.1) is 13.8 Å². The summed E-state index contributed by atoms with van der Waals surface area (Å²) < 4.78 is 40.3. The number of hydrogen-bond donors (Lipinski definition) is 0. The molecule has 2 aliphatic rings. The van der Waals surface area contributed by atoms with Crippen molar-refractivity contribution in [3.05, 3.63) is 59.2 Å². The first-order valence-electron chi connectivity index (χ1n) is 10.5. The summed E-state index contributed by atoms with van der Waals surface area (Å²) in [5.74, 6) is 0.714. The Balaban J connectivity index is 1.88. The largest absolute Gasteiger partial charge is 0.416 e. The summed E-state index contributed by atoms with van der Waals surface area (Å²) in [5, 5.41) is 0.700. The van der Waals surface area contributed by atoms with Crippen molar-refractivity contribution in [3.63, 3.8) is 0 Å². The smallest absolute Gasteiger partial charge is 0.307 e. The van der Waals surface area contributed by atoms with Crippen LogP contribution in [0.5, 0.6) is 0 Å². The van der Waals surface area contributed by atoms with Gasteiger partial charge in [-0.05, 0) is 62.3 Å². The normalized spacial score (nSPS) is 19.9. The molecule has 3 nitrogen and oxygen atoms in total. The molecule has 0 bridgehead atoms. The Hall–Kier alpha value is -2.28. The van der Waals surface area contributed by atoms with Gasteiger partial charge in [0, 0.05) is 5.69 Å². The van der Waals surface area contributed by atoms with E-state index in [1.807, 2.05) is 43.2 Å². The van der Waals surface area contributed by atoms with Crippen LogP contribution in [-0.4, -0.2) is 22.8 Å². The third-order valence-corrected chi connectivity index (χ3v) is 6.83. The second-order valence-corrected chi connectivity index (χ2v) is 9.02. The molecule has 4 rings (SSSR count). The minimum atomic E-state index is -4.39. The third kappa shape index (κ3) is 4.00. The van der Waals surface area contributed by atoms with Crippen molar-refractivity contribution < 1.29 is 13.2 Å². The van der Waals surface area contributed by atoms with E-state index in [1.54, 1.807) is 6.07 Å². The third-order valence-electron chi connectivity index (χ3n) is 6.19. The molecule has 0 atom stereocenters. The summed E-state index contributed by atoms with van der Waals surface area (Å²) in [4.78, 5) is 11.9. The molecule has 1 aliphatic heterocycles. The lowest BCUT2D eigenvalue weighted by Crippen LogP contribution is -2.52. The molecule has 0 unspecified atom stereocenters. The number of halogens is 3. The lowest BCUT2D eigenvalue weighted by Gasteiger charge is -2.42. The second-order valence-electron chi connectivity index (χ2n) is 8.25. The van der Waals surface area contributed by atoms with Crippen molar-refractivity contribution in [2.24, 2.45) is 9.98 Å². The molecule has 0 amide bonds. The molecule has 31 heavy (non-hydrogen) atoms. The fourth-order valence-corrected chi connectivity index (χ4v) is 5.28. The van der Waals surface area contributed by atoms with E-state index in [1.165, 1.54) is 23.9 Å². The van der Waals surface area contributed by atoms with Crippen molar-refractivity contribution in [3.8, 4) is 0 Å². The molecule has 1 heterocycles. The highest BCUT2D eigenvalue weighted by Gasteiger charge is 2.50. The topological polar surface area (TPSA) is 28.0 Å². The van der Waals surface area contributed by atoms with Gasteiger partial charge in [0.1, 0.15) is 5.54 Å². The highest BCUT2D eigenvalue weighted by molar-refractivity contribution is 8.13. The molecular formula is C24H26F3N3S. The van der Waals surface area contributed by atoms with Crippen LogP contribution in [-0.2, 0) is 6.18 Å². The maximum Gasteiger partial charge on any atom is 0.416 e. The van der Waals surface area contributed by atoms with Crippen LogP contribution in [0.4, 0.5) is 24.5 Å². The monoisotopic (exact) mass is 445 g/mol. The summed E-state index contributed by atoms with van der Waals surface area (Å²) in [5.41, 5.74) is 2.40. The first-order chi connectivity index (χ1) is 14.8. The number of nitrogens with zero attached hydrogens (tertiary/aromatic N) is 3. The fourth-order valence-electron chi connectivity index (χ4n) is 4.64. The average Bonchev–Trinajstić information content (AvgIpc) is 3.03. The van der Waals surface area contributed by atoms with Crippen molar-refractivity contribution >= 4 is 34.1 Å². The van der Waals surface area contributed by atoms with Crippen LogP contribution in [0.25, 0.3) is 0 Å². The molecule has 164 valence electrons. The van der Waals surface area contributed by atoms with Gasteiger partial charge in [0.15, 0.2) is 11.0 Å². The molecule has 1 fully saturated rings. The summed E-state index contributed by atoms with van der Waals surface area (Å²) in [6, 6.07) is 11.6. The molecule has 2 aromatic carbocycles. The molecule has 0 N–H and O–H groups in total. The van der Waals surface area contributed by atoms with E-state index in [2.05, 4.69) is 0 Å². The van der Waals surface area contributed by atoms with Gasteiger partial charge in [-0.1, -0.05) is 55.3 Å².